The van der Waals surface area contributed by atoms with Crippen molar-refractivity contribution in [2.45, 2.75) is 37.8 Å². The molecule has 3 aromatic rings. The number of hydrogen-bond acceptors (Lipinski definition) is 3. The molecule has 0 saturated carbocycles. The van der Waals surface area contributed by atoms with Gasteiger partial charge in [-0.15, -0.1) is 11.8 Å². The lowest BCUT2D eigenvalue weighted by Crippen LogP contribution is -2.51. The second kappa shape index (κ2) is 12.1. The van der Waals surface area contributed by atoms with Crippen LogP contribution in [0.15, 0.2) is 89.8 Å². The van der Waals surface area contributed by atoms with Gasteiger partial charge in [-0.2, -0.15) is 0 Å². The number of amides is 2. The zero-order valence-electron chi connectivity index (χ0n) is 18.7. The molecule has 5 heteroatoms. The summed E-state index contributed by atoms with van der Waals surface area (Å²) in [7, 11) is 0. The molecule has 3 rings (SSSR count). The van der Waals surface area contributed by atoms with Crippen molar-refractivity contribution in [1.82, 2.24) is 10.2 Å². The molecule has 4 nitrogen and oxygen atoms in total. The van der Waals surface area contributed by atoms with Crippen molar-refractivity contribution >= 4 is 23.6 Å². The number of hydrogen-bond donors (Lipinski definition) is 1. The van der Waals surface area contributed by atoms with Crippen LogP contribution in [0, 0.1) is 6.92 Å². The summed E-state index contributed by atoms with van der Waals surface area (Å²) < 4.78 is 0. The van der Waals surface area contributed by atoms with Crippen LogP contribution in [0.5, 0.6) is 0 Å². The van der Waals surface area contributed by atoms with Gasteiger partial charge in [0.25, 0.3) is 0 Å². The Bertz CT molecular complexity index is 991. The van der Waals surface area contributed by atoms with Gasteiger partial charge in [-0.3, -0.25) is 9.59 Å². The van der Waals surface area contributed by atoms with Crippen LogP contribution in [0.25, 0.3) is 0 Å². The average Bonchev–Trinajstić information content (AvgIpc) is 2.82. The number of nitrogens with zero attached hydrogens (tertiary/aromatic N) is 1. The van der Waals surface area contributed by atoms with Crippen molar-refractivity contribution < 1.29 is 9.59 Å². The van der Waals surface area contributed by atoms with Crippen molar-refractivity contribution in [2.24, 2.45) is 0 Å². The van der Waals surface area contributed by atoms with Crippen LogP contribution in [0.1, 0.15) is 23.6 Å². The van der Waals surface area contributed by atoms with E-state index >= 15 is 0 Å². The van der Waals surface area contributed by atoms with E-state index < -0.39 is 6.04 Å². The lowest BCUT2D eigenvalue weighted by Gasteiger charge is -2.31. The quantitative estimate of drug-likeness (QED) is 0.452. The number of likely N-dealkylation sites (N-methyl/N-ethyl adjacent to an activating group) is 1. The normalized spacial score (nSPS) is 11.6. The molecule has 1 unspecified atom stereocenters. The van der Waals surface area contributed by atoms with Crippen LogP contribution in [0.2, 0.25) is 0 Å². The Balaban J connectivity index is 1.85. The number of nitrogens with one attached hydrogen (secondary N) is 1. The fraction of sp³-hybridized carbons (Fsp3) is 0.259. The monoisotopic (exact) mass is 446 g/mol. The summed E-state index contributed by atoms with van der Waals surface area (Å²) in [5.74, 6) is 0.105. The summed E-state index contributed by atoms with van der Waals surface area (Å²) in [5.41, 5.74) is 3.22. The Hall–Kier alpha value is -3.05. The maximum absolute atomic E-state index is 13.5. The fourth-order valence-electron chi connectivity index (χ4n) is 3.49. The van der Waals surface area contributed by atoms with Crippen molar-refractivity contribution in [1.29, 1.82) is 0 Å². The van der Waals surface area contributed by atoms with E-state index in [9.17, 15) is 9.59 Å². The van der Waals surface area contributed by atoms with E-state index in [1.807, 2.05) is 98.8 Å². The van der Waals surface area contributed by atoms with Crippen LogP contribution >= 0.6 is 11.8 Å². The summed E-state index contributed by atoms with van der Waals surface area (Å²) in [6.45, 7) is 4.86. The molecule has 0 aliphatic rings. The number of thioether (sulfide) groups is 1. The molecule has 0 aliphatic heterocycles. The third kappa shape index (κ3) is 6.99. The zero-order chi connectivity index (χ0) is 22.8. The van der Waals surface area contributed by atoms with Crippen molar-refractivity contribution in [3.8, 4) is 0 Å². The maximum atomic E-state index is 13.5. The van der Waals surface area contributed by atoms with Gasteiger partial charge in [0.05, 0.1) is 5.75 Å². The van der Waals surface area contributed by atoms with Gasteiger partial charge in [-0.05, 0) is 37.1 Å². The summed E-state index contributed by atoms with van der Waals surface area (Å²) in [4.78, 5) is 29.3. The molecule has 0 saturated heterocycles. The molecule has 3 aromatic carbocycles. The molecule has 0 aromatic heterocycles. The lowest BCUT2D eigenvalue weighted by atomic mass is 10.0. The number of carbonyl (C=O) groups is 2. The van der Waals surface area contributed by atoms with E-state index in [0.717, 1.165) is 16.0 Å². The van der Waals surface area contributed by atoms with E-state index in [1.165, 1.54) is 17.3 Å². The SMILES string of the molecule is CCNC(=O)C(Cc1ccccc1)N(Cc1ccccc1)C(=O)CSc1ccc(C)cc1. The van der Waals surface area contributed by atoms with Gasteiger partial charge in [-0.1, -0.05) is 78.4 Å². The first kappa shape index (κ1) is 23.6. The van der Waals surface area contributed by atoms with Crippen LogP contribution in [-0.4, -0.2) is 35.1 Å². The molecule has 2 amide bonds. The van der Waals surface area contributed by atoms with Gasteiger partial charge in [0.15, 0.2) is 0 Å². The largest absolute Gasteiger partial charge is 0.355 e. The highest BCUT2D eigenvalue weighted by atomic mass is 32.2. The fourth-order valence-corrected chi connectivity index (χ4v) is 4.27. The lowest BCUT2D eigenvalue weighted by molar-refractivity contribution is -0.139. The van der Waals surface area contributed by atoms with Gasteiger partial charge in [0, 0.05) is 24.4 Å². The van der Waals surface area contributed by atoms with Crippen LogP contribution in [0.3, 0.4) is 0 Å². The molecule has 0 spiro atoms. The maximum Gasteiger partial charge on any atom is 0.243 e. The van der Waals surface area contributed by atoms with E-state index in [-0.39, 0.29) is 17.6 Å². The summed E-state index contributed by atoms with van der Waals surface area (Å²) in [6, 6.07) is 27.3. The second-order valence-corrected chi connectivity index (χ2v) is 8.76. The van der Waals surface area contributed by atoms with Crippen molar-refractivity contribution in [3.63, 3.8) is 0 Å². The van der Waals surface area contributed by atoms with E-state index in [2.05, 4.69) is 5.32 Å². The molecule has 1 N–H and O–H groups in total. The van der Waals surface area contributed by atoms with Crippen LogP contribution < -0.4 is 5.32 Å². The van der Waals surface area contributed by atoms with E-state index in [1.54, 1.807) is 4.90 Å². The highest BCUT2D eigenvalue weighted by molar-refractivity contribution is 8.00. The Morgan fingerprint density at radius 3 is 2.06 bits per heavy atom. The number of carbonyl (C=O) groups excluding carboxylic acids is 2. The molecule has 32 heavy (non-hydrogen) atoms. The first-order valence-electron chi connectivity index (χ1n) is 10.9. The van der Waals surface area contributed by atoms with Crippen LogP contribution in [0.4, 0.5) is 0 Å². The number of aryl methyl sites for hydroxylation is 1. The third-order valence-electron chi connectivity index (χ3n) is 5.20. The first-order chi connectivity index (χ1) is 15.6. The zero-order valence-corrected chi connectivity index (χ0v) is 19.5. The number of rotatable bonds is 10. The molecule has 0 fully saturated rings. The highest BCUT2D eigenvalue weighted by Gasteiger charge is 2.30. The van der Waals surface area contributed by atoms with Gasteiger partial charge >= 0.3 is 0 Å². The Morgan fingerprint density at radius 1 is 0.875 bits per heavy atom. The molecular formula is C27H30N2O2S. The minimum absolute atomic E-state index is 0.0494. The summed E-state index contributed by atoms with van der Waals surface area (Å²) in [5, 5.41) is 2.93. The topological polar surface area (TPSA) is 49.4 Å². The molecule has 0 radical (unpaired) electrons. The molecule has 0 bridgehead atoms. The highest BCUT2D eigenvalue weighted by Crippen LogP contribution is 2.21. The predicted octanol–water partition coefficient (Wildman–Crippen LogP) is 4.86. The van der Waals surface area contributed by atoms with Crippen molar-refractivity contribution in [2.75, 3.05) is 12.3 Å². The van der Waals surface area contributed by atoms with Gasteiger partial charge < -0.3 is 10.2 Å². The van der Waals surface area contributed by atoms with Gasteiger partial charge in [0.1, 0.15) is 6.04 Å². The number of benzene rings is 3. The summed E-state index contributed by atoms with van der Waals surface area (Å²) in [6.07, 6.45) is 0.473. The predicted molar refractivity (Wildman–Crippen MR) is 132 cm³/mol. The Labute approximate surface area is 195 Å². The molecule has 0 heterocycles. The first-order valence-corrected chi connectivity index (χ1v) is 11.9. The minimum atomic E-state index is -0.580. The van der Waals surface area contributed by atoms with Crippen molar-refractivity contribution in [3.05, 3.63) is 102 Å². The molecular weight excluding hydrogens is 416 g/mol. The van der Waals surface area contributed by atoms with E-state index in [4.69, 9.17) is 0 Å². The molecule has 1 atom stereocenters. The van der Waals surface area contributed by atoms with E-state index in [0.29, 0.717) is 19.5 Å². The average molecular weight is 447 g/mol. The Kier molecular flexibility index (Phi) is 8.93. The summed E-state index contributed by atoms with van der Waals surface area (Å²) >= 11 is 1.50. The second-order valence-electron chi connectivity index (χ2n) is 7.71. The molecule has 166 valence electrons. The smallest absolute Gasteiger partial charge is 0.243 e. The van der Waals surface area contributed by atoms with Crippen LogP contribution in [-0.2, 0) is 22.6 Å². The molecule has 0 aliphatic carbocycles. The third-order valence-corrected chi connectivity index (χ3v) is 6.20. The standard InChI is InChI=1S/C27H30N2O2S/c1-3-28-27(31)25(18-22-10-6-4-7-11-22)29(19-23-12-8-5-9-13-23)26(30)20-32-24-16-14-21(2)15-17-24/h4-17,25H,3,18-20H2,1-2H3,(H,28,31). The van der Waals surface area contributed by atoms with Gasteiger partial charge in [0.2, 0.25) is 11.8 Å². The minimum Gasteiger partial charge on any atom is -0.355 e. The van der Waals surface area contributed by atoms with Gasteiger partial charge in [-0.25, -0.2) is 0 Å². The Morgan fingerprint density at radius 2 is 1.47 bits per heavy atom.